The molecule has 1 atom stereocenters. The van der Waals surface area contributed by atoms with E-state index in [9.17, 15) is 4.79 Å². The summed E-state index contributed by atoms with van der Waals surface area (Å²) in [5.74, 6) is -0.762. The van der Waals surface area contributed by atoms with Crippen LogP contribution in [0.15, 0.2) is 0 Å². The molecule has 1 aliphatic rings. The molecule has 0 aliphatic heterocycles. The molecule has 4 heteroatoms. The van der Waals surface area contributed by atoms with Crippen molar-refractivity contribution in [3.63, 3.8) is 0 Å². The minimum Gasteiger partial charge on any atom is -0.481 e. The highest BCUT2D eigenvalue weighted by Crippen LogP contribution is 2.24. The van der Waals surface area contributed by atoms with E-state index in [0.29, 0.717) is 6.04 Å². The summed E-state index contributed by atoms with van der Waals surface area (Å²) in [6.07, 6.45) is 3.76. The molecule has 0 aromatic rings. The lowest BCUT2D eigenvalue weighted by Gasteiger charge is -2.27. The fourth-order valence-electron chi connectivity index (χ4n) is 1.96. The summed E-state index contributed by atoms with van der Waals surface area (Å²) in [6, 6.07) is 0.471. The van der Waals surface area contributed by atoms with Gasteiger partial charge in [-0.2, -0.15) is 0 Å². The van der Waals surface area contributed by atoms with Gasteiger partial charge < -0.3 is 15.2 Å². The van der Waals surface area contributed by atoms with E-state index in [1.165, 1.54) is 0 Å². The van der Waals surface area contributed by atoms with Crippen molar-refractivity contribution in [2.75, 3.05) is 13.7 Å². The maximum absolute atomic E-state index is 10.7. The highest BCUT2D eigenvalue weighted by atomic mass is 16.5. The average Bonchev–Trinajstić information content (AvgIpc) is 2.26. The van der Waals surface area contributed by atoms with Crippen molar-refractivity contribution in [3.8, 4) is 0 Å². The van der Waals surface area contributed by atoms with Crippen LogP contribution in [0.3, 0.4) is 0 Å². The van der Waals surface area contributed by atoms with E-state index in [4.69, 9.17) is 9.84 Å². The number of carboxylic acid groups (broad SMARTS) is 1. The van der Waals surface area contributed by atoms with Gasteiger partial charge in [0.1, 0.15) is 0 Å². The summed E-state index contributed by atoms with van der Waals surface area (Å²) in [4.78, 5) is 10.7. The highest BCUT2D eigenvalue weighted by molar-refractivity contribution is 5.70. The Morgan fingerprint density at radius 1 is 1.47 bits per heavy atom. The molecule has 0 aromatic heterocycles. The summed E-state index contributed by atoms with van der Waals surface area (Å²) in [5, 5.41) is 12.3. The predicted molar refractivity (Wildman–Crippen MR) is 57.9 cm³/mol. The van der Waals surface area contributed by atoms with Gasteiger partial charge in [-0.3, -0.25) is 4.79 Å². The molecule has 1 fully saturated rings. The zero-order valence-electron chi connectivity index (χ0n) is 9.53. The van der Waals surface area contributed by atoms with Crippen LogP contribution in [0.25, 0.3) is 0 Å². The Morgan fingerprint density at radius 3 is 2.53 bits per heavy atom. The van der Waals surface area contributed by atoms with E-state index in [1.807, 2.05) is 6.92 Å². The second-order valence-corrected chi connectivity index (χ2v) is 4.34. The van der Waals surface area contributed by atoms with Gasteiger partial charge >= 0.3 is 5.97 Å². The van der Waals surface area contributed by atoms with Crippen molar-refractivity contribution in [3.05, 3.63) is 0 Å². The first kappa shape index (κ1) is 12.5. The Kier molecular flexibility index (Phi) is 5.05. The maximum Gasteiger partial charge on any atom is 0.306 e. The van der Waals surface area contributed by atoms with Crippen LogP contribution in [0.1, 0.15) is 32.6 Å². The number of carbonyl (C=O) groups is 1. The third-order valence-electron chi connectivity index (χ3n) is 3.17. The average molecular weight is 215 g/mol. The number of methoxy groups -OCH3 is 1. The minimum absolute atomic E-state index is 0.122. The van der Waals surface area contributed by atoms with Crippen LogP contribution < -0.4 is 5.32 Å². The molecule has 2 N–H and O–H groups in total. The first-order valence-electron chi connectivity index (χ1n) is 5.62. The summed E-state index contributed by atoms with van der Waals surface area (Å²) < 4.78 is 5.14. The van der Waals surface area contributed by atoms with Crippen molar-refractivity contribution in [2.45, 2.75) is 44.8 Å². The molecule has 0 aromatic carbocycles. The maximum atomic E-state index is 10.7. The standard InChI is InChI=1S/C11H21NO3/c1-8(15-2)7-12-10-5-3-9(4-6-10)11(13)14/h8-10,12H,3-7H2,1-2H3,(H,13,14). The lowest BCUT2D eigenvalue weighted by atomic mass is 9.86. The molecule has 0 radical (unpaired) electrons. The highest BCUT2D eigenvalue weighted by Gasteiger charge is 2.25. The number of ether oxygens (including phenoxy) is 1. The summed E-state index contributed by atoms with van der Waals surface area (Å²) in [5.41, 5.74) is 0. The molecule has 1 rings (SSSR count). The molecule has 15 heavy (non-hydrogen) atoms. The normalized spacial score (nSPS) is 28.7. The zero-order chi connectivity index (χ0) is 11.3. The van der Waals surface area contributed by atoms with E-state index in [-0.39, 0.29) is 12.0 Å². The molecule has 1 saturated carbocycles. The molecule has 0 spiro atoms. The van der Waals surface area contributed by atoms with Crippen LogP contribution in [0, 0.1) is 5.92 Å². The Balaban J connectivity index is 2.17. The van der Waals surface area contributed by atoms with Gasteiger partial charge in [0.15, 0.2) is 0 Å². The number of aliphatic carboxylic acids is 1. The molecular weight excluding hydrogens is 194 g/mol. The number of carboxylic acids is 1. The van der Waals surface area contributed by atoms with Gasteiger partial charge in [-0.05, 0) is 32.6 Å². The number of nitrogens with one attached hydrogen (secondary N) is 1. The summed E-state index contributed by atoms with van der Waals surface area (Å²) in [7, 11) is 1.70. The largest absolute Gasteiger partial charge is 0.481 e. The fourth-order valence-corrected chi connectivity index (χ4v) is 1.96. The molecule has 88 valence electrons. The van der Waals surface area contributed by atoms with Gasteiger partial charge in [-0.15, -0.1) is 0 Å². The van der Waals surface area contributed by atoms with Crippen LogP contribution in [-0.2, 0) is 9.53 Å². The Hall–Kier alpha value is -0.610. The number of hydrogen-bond acceptors (Lipinski definition) is 3. The van der Waals surface area contributed by atoms with E-state index in [2.05, 4.69) is 5.32 Å². The third-order valence-corrected chi connectivity index (χ3v) is 3.17. The monoisotopic (exact) mass is 215 g/mol. The molecule has 0 bridgehead atoms. The topological polar surface area (TPSA) is 58.6 Å². The van der Waals surface area contributed by atoms with Gasteiger partial charge in [-0.25, -0.2) is 0 Å². The first-order chi connectivity index (χ1) is 7.13. The SMILES string of the molecule is COC(C)CNC1CCC(C(=O)O)CC1. The lowest BCUT2D eigenvalue weighted by molar-refractivity contribution is -0.142. The Labute approximate surface area is 91.0 Å². The Bertz CT molecular complexity index is 200. The molecular formula is C11H21NO3. The number of hydrogen-bond donors (Lipinski definition) is 2. The zero-order valence-corrected chi connectivity index (χ0v) is 9.53. The summed E-state index contributed by atoms with van der Waals surface area (Å²) >= 11 is 0. The third kappa shape index (κ3) is 4.18. The first-order valence-corrected chi connectivity index (χ1v) is 5.62. The molecule has 0 heterocycles. The summed E-state index contributed by atoms with van der Waals surface area (Å²) in [6.45, 7) is 2.87. The van der Waals surface area contributed by atoms with E-state index >= 15 is 0 Å². The molecule has 4 nitrogen and oxygen atoms in total. The Morgan fingerprint density at radius 2 is 2.07 bits per heavy atom. The van der Waals surface area contributed by atoms with Crippen LogP contribution in [-0.4, -0.2) is 36.9 Å². The van der Waals surface area contributed by atoms with Crippen LogP contribution in [0.2, 0.25) is 0 Å². The van der Waals surface area contributed by atoms with Gasteiger partial charge in [0.2, 0.25) is 0 Å². The quantitative estimate of drug-likeness (QED) is 0.724. The molecule has 0 amide bonds. The molecule has 1 aliphatic carbocycles. The van der Waals surface area contributed by atoms with E-state index in [0.717, 1.165) is 32.2 Å². The van der Waals surface area contributed by atoms with Crippen molar-refractivity contribution >= 4 is 5.97 Å². The van der Waals surface area contributed by atoms with Gasteiger partial charge in [-0.1, -0.05) is 0 Å². The predicted octanol–water partition coefficient (Wildman–Crippen LogP) is 1.25. The number of rotatable bonds is 5. The van der Waals surface area contributed by atoms with Crippen molar-refractivity contribution in [2.24, 2.45) is 5.92 Å². The molecule has 1 unspecified atom stereocenters. The van der Waals surface area contributed by atoms with E-state index in [1.54, 1.807) is 7.11 Å². The second kappa shape index (κ2) is 6.08. The van der Waals surface area contributed by atoms with Crippen molar-refractivity contribution in [1.82, 2.24) is 5.32 Å². The van der Waals surface area contributed by atoms with E-state index < -0.39 is 5.97 Å². The minimum atomic E-state index is -0.640. The van der Waals surface area contributed by atoms with Crippen LogP contribution >= 0.6 is 0 Å². The van der Waals surface area contributed by atoms with Gasteiger partial charge in [0.05, 0.1) is 12.0 Å². The van der Waals surface area contributed by atoms with Crippen molar-refractivity contribution < 1.29 is 14.6 Å². The van der Waals surface area contributed by atoms with Gasteiger partial charge in [0.25, 0.3) is 0 Å². The lowest BCUT2D eigenvalue weighted by Crippen LogP contribution is -2.38. The fraction of sp³-hybridized carbons (Fsp3) is 0.909. The van der Waals surface area contributed by atoms with Crippen LogP contribution in [0.4, 0.5) is 0 Å². The smallest absolute Gasteiger partial charge is 0.306 e. The van der Waals surface area contributed by atoms with Crippen molar-refractivity contribution in [1.29, 1.82) is 0 Å². The second-order valence-electron chi connectivity index (χ2n) is 4.34. The van der Waals surface area contributed by atoms with Crippen LogP contribution in [0.5, 0.6) is 0 Å². The van der Waals surface area contributed by atoms with Gasteiger partial charge in [0, 0.05) is 19.7 Å². The molecule has 0 saturated heterocycles.